The van der Waals surface area contributed by atoms with E-state index in [1.807, 2.05) is 6.92 Å². The summed E-state index contributed by atoms with van der Waals surface area (Å²) in [4.78, 5) is 10.4. The van der Waals surface area contributed by atoms with Crippen molar-refractivity contribution in [3.05, 3.63) is 32.8 Å². The molecule has 0 saturated carbocycles. The highest BCUT2D eigenvalue weighted by Crippen LogP contribution is 2.29. The number of nitrogens with one attached hydrogen (secondary N) is 1. The van der Waals surface area contributed by atoms with Crippen LogP contribution in [-0.2, 0) is 4.74 Å². The van der Waals surface area contributed by atoms with Gasteiger partial charge in [0.05, 0.1) is 16.7 Å². The number of non-ortho nitro benzene ring substituents is 1. The molecule has 1 aliphatic rings. The lowest BCUT2D eigenvalue weighted by Crippen LogP contribution is -2.32. The van der Waals surface area contributed by atoms with Gasteiger partial charge in [-0.05, 0) is 41.8 Å². The van der Waals surface area contributed by atoms with Gasteiger partial charge in [-0.15, -0.1) is 0 Å². The van der Waals surface area contributed by atoms with Gasteiger partial charge in [0.15, 0.2) is 0 Å². The number of benzene rings is 1. The van der Waals surface area contributed by atoms with Crippen LogP contribution in [0.25, 0.3) is 0 Å². The van der Waals surface area contributed by atoms with E-state index in [2.05, 4.69) is 21.2 Å². The fourth-order valence-corrected chi connectivity index (χ4v) is 2.45. The number of ether oxygens (including phenoxy) is 1. The lowest BCUT2D eigenvalue weighted by molar-refractivity contribution is -0.384. The van der Waals surface area contributed by atoms with E-state index in [1.165, 1.54) is 6.07 Å². The van der Waals surface area contributed by atoms with Crippen molar-refractivity contribution in [3.8, 4) is 0 Å². The van der Waals surface area contributed by atoms with E-state index >= 15 is 0 Å². The van der Waals surface area contributed by atoms with Crippen LogP contribution in [0, 0.1) is 10.1 Å². The SMILES string of the molecule is CC1CC(Nc2cc([N+](=O)[O-])ccc2Br)CCO1. The fourth-order valence-electron chi connectivity index (χ4n) is 2.09. The zero-order valence-electron chi connectivity index (χ0n) is 10.1. The van der Waals surface area contributed by atoms with Crippen LogP contribution in [0.4, 0.5) is 11.4 Å². The van der Waals surface area contributed by atoms with Gasteiger partial charge in [-0.3, -0.25) is 10.1 Å². The molecule has 0 amide bonds. The summed E-state index contributed by atoms with van der Waals surface area (Å²) in [6, 6.07) is 5.04. The molecular weight excluding hydrogens is 300 g/mol. The van der Waals surface area contributed by atoms with Gasteiger partial charge in [0.1, 0.15) is 0 Å². The predicted octanol–water partition coefficient (Wildman–Crippen LogP) is 3.34. The number of rotatable bonds is 3. The molecule has 1 saturated heterocycles. The zero-order chi connectivity index (χ0) is 13.1. The molecule has 18 heavy (non-hydrogen) atoms. The molecule has 0 aliphatic carbocycles. The second-order valence-corrected chi connectivity index (χ2v) is 5.32. The topological polar surface area (TPSA) is 64.4 Å². The number of hydrogen-bond donors (Lipinski definition) is 1. The lowest BCUT2D eigenvalue weighted by Gasteiger charge is -2.29. The average molecular weight is 315 g/mol. The molecule has 1 heterocycles. The fraction of sp³-hybridized carbons (Fsp3) is 0.500. The van der Waals surface area contributed by atoms with Crippen molar-refractivity contribution in [1.82, 2.24) is 0 Å². The van der Waals surface area contributed by atoms with E-state index in [0.29, 0.717) is 6.04 Å². The molecule has 1 aromatic rings. The molecule has 1 N–H and O–H groups in total. The molecule has 1 aromatic carbocycles. The van der Waals surface area contributed by atoms with Gasteiger partial charge in [0.25, 0.3) is 5.69 Å². The van der Waals surface area contributed by atoms with Gasteiger partial charge < -0.3 is 10.1 Å². The normalized spacial score (nSPS) is 23.7. The molecule has 2 unspecified atom stereocenters. The van der Waals surface area contributed by atoms with Crippen molar-refractivity contribution < 1.29 is 9.66 Å². The molecule has 0 bridgehead atoms. The number of halogens is 1. The van der Waals surface area contributed by atoms with Crippen molar-refractivity contribution in [2.45, 2.75) is 31.9 Å². The van der Waals surface area contributed by atoms with Gasteiger partial charge in [0, 0.05) is 29.3 Å². The summed E-state index contributed by atoms with van der Waals surface area (Å²) in [5.41, 5.74) is 0.865. The van der Waals surface area contributed by atoms with Crippen LogP contribution in [-0.4, -0.2) is 23.7 Å². The molecule has 0 aromatic heterocycles. The minimum Gasteiger partial charge on any atom is -0.381 e. The lowest BCUT2D eigenvalue weighted by atomic mass is 10.0. The van der Waals surface area contributed by atoms with Crippen LogP contribution in [0.3, 0.4) is 0 Å². The van der Waals surface area contributed by atoms with Gasteiger partial charge in [-0.1, -0.05) is 0 Å². The molecule has 5 nitrogen and oxygen atoms in total. The molecule has 1 fully saturated rings. The number of hydrogen-bond acceptors (Lipinski definition) is 4. The van der Waals surface area contributed by atoms with E-state index in [1.54, 1.807) is 12.1 Å². The second kappa shape index (κ2) is 5.67. The zero-order valence-corrected chi connectivity index (χ0v) is 11.6. The molecule has 6 heteroatoms. The van der Waals surface area contributed by atoms with Gasteiger partial charge in [0.2, 0.25) is 0 Å². The Labute approximate surface area is 114 Å². The summed E-state index contributed by atoms with van der Waals surface area (Å²) < 4.78 is 6.32. The van der Waals surface area contributed by atoms with Crippen LogP contribution in [0.1, 0.15) is 19.8 Å². The Balaban J connectivity index is 2.12. The highest BCUT2D eigenvalue weighted by atomic mass is 79.9. The Hall–Kier alpha value is -1.14. The summed E-state index contributed by atoms with van der Waals surface area (Å²) in [5.74, 6) is 0. The predicted molar refractivity (Wildman–Crippen MR) is 72.9 cm³/mol. The third-order valence-electron chi connectivity index (χ3n) is 3.01. The molecule has 0 radical (unpaired) electrons. The molecule has 98 valence electrons. The average Bonchev–Trinajstić information content (AvgIpc) is 2.31. The maximum absolute atomic E-state index is 10.8. The molecule has 2 rings (SSSR count). The van der Waals surface area contributed by atoms with E-state index in [-0.39, 0.29) is 16.7 Å². The third kappa shape index (κ3) is 3.20. The summed E-state index contributed by atoms with van der Waals surface area (Å²) in [6.07, 6.45) is 2.06. The molecule has 2 atom stereocenters. The first kappa shape index (κ1) is 13.3. The first-order valence-corrected chi connectivity index (χ1v) is 6.67. The first-order valence-electron chi connectivity index (χ1n) is 5.88. The Morgan fingerprint density at radius 2 is 2.33 bits per heavy atom. The first-order chi connectivity index (χ1) is 8.56. The van der Waals surface area contributed by atoms with Crippen LogP contribution in [0.5, 0.6) is 0 Å². The van der Waals surface area contributed by atoms with Crippen molar-refractivity contribution in [1.29, 1.82) is 0 Å². The number of anilines is 1. The van der Waals surface area contributed by atoms with Crippen LogP contribution >= 0.6 is 15.9 Å². The van der Waals surface area contributed by atoms with E-state index in [4.69, 9.17) is 4.74 Å². The van der Waals surface area contributed by atoms with E-state index in [0.717, 1.165) is 29.6 Å². The minimum absolute atomic E-state index is 0.0980. The third-order valence-corrected chi connectivity index (χ3v) is 3.70. The summed E-state index contributed by atoms with van der Waals surface area (Å²) in [7, 11) is 0. The number of nitrogens with zero attached hydrogens (tertiary/aromatic N) is 1. The largest absolute Gasteiger partial charge is 0.381 e. The molecular formula is C12H15BrN2O3. The van der Waals surface area contributed by atoms with Crippen molar-refractivity contribution >= 4 is 27.3 Å². The summed E-state index contributed by atoms with van der Waals surface area (Å²) in [5, 5.41) is 14.1. The van der Waals surface area contributed by atoms with Gasteiger partial charge in [-0.2, -0.15) is 0 Å². The smallest absolute Gasteiger partial charge is 0.271 e. The highest BCUT2D eigenvalue weighted by molar-refractivity contribution is 9.10. The highest BCUT2D eigenvalue weighted by Gasteiger charge is 2.20. The molecule has 1 aliphatic heterocycles. The van der Waals surface area contributed by atoms with Crippen LogP contribution in [0.15, 0.2) is 22.7 Å². The van der Waals surface area contributed by atoms with Gasteiger partial charge >= 0.3 is 0 Å². The van der Waals surface area contributed by atoms with Crippen LogP contribution in [0.2, 0.25) is 0 Å². The Morgan fingerprint density at radius 3 is 3.00 bits per heavy atom. The summed E-state index contributed by atoms with van der Waals surface area (Å²) >= 11 is 3.41. The minimum atomic E-state index is -0.385. The number of nitro benzene ring substituents is 1. The Bertz CT molecular complexity index is 453. The monoisotopic (exact) mass is 314 g/mol. The van der Waals surface area contributed by atoms with E-state index < -0.39 is 0 Å². The Kier molecular flexibility index (Phi) is 4.19. The Morgan fingerprint density at radius 1 is 1.56 bits per heavy atom. The maximum Gasteiger partial charge on any atom is 0.271 e. The van der Waals surface area contributed by atoms with Gasteiger partial charge in [-0.25, -0.2) is 0 Å². The van der Waals surface area contributed by atoms with E-state index in [9.17, 15) is 10.1 Å². The molecule has 0 spiro atoms. The van der Waals surface area contributed by atoms with Crippen molar-refractivity contribution in [2.24, 2.45) is 0 Å². The second-order valence-electron chi connectivity index (χ2n) is 4.47. The van der Waals surface area contributed by atoms with Crippen molar-refractivity contribution in [3.63, 3.8) is 0 Å². The van der Waals surface area contributed by atoms with Crippen LogP contribution < -0.4 is 5.32 Å². The van der Waals surface area contributed by atoms with Crippen molar-refractivity contribution in [2.75, 3.05) is 11.9 Å². The summed E-state index contributed by atoms with van der Waals surface area (Å²) in [6.45, 7) is 2.77. The number of nitro groups is 1. The standard InChI is InChI=1S/C12H15BrN2O3/c1-8-6-9(4-5-18-8)14-12-7-10(15(16)17)2-3-11(12)13/h2-3,7-9,14H,4-6H2,1H3. The quantitative estimate of drug-likeness (QED) is 0.686. The maximum atomic E-state index is 10.8.